The molecular weight excluding hydrogens is 354 g/mol. The molecule has 0 radical (unpaired) electrons. The molecule has 1 aromatic carbocycles. The van der Waals surface area contributed by atoms with Crippen LogP contribution in [0.1, 0.15) is 41.0 Å². The summed E-state index contributed by atoms with van der Waals surface area (Å²) in [6.07, 6.45) is 2.20. The SMILES string of the molecule is Cc1cc(C)n(CCNC(=O)C2C3CCC4(CC(=O)c5ccccc5O4)C32)n1. The van der Waals surface area contributed by atoms with Crippen LogP contribution in [0.5, 0.6) is 5.75 Å². The van der Waals surface area contributed by atoms with E-state index in [1.165, 1.54) is 0 Å². The number of fused-ring (bicyclic) bond motifs is 3. The van der Waals surface area contributed by atoms with E-state index in [-0.39, 0.29) is 23.5 Å². The number of hydrogen-bond donors (Lipinski definition) is 1. The van der Waals surface area contributed by atoms with Crippen molar-refractivity contribution in [3.05, 3.63) is 47.3 Å². The molecule has 6 nitrogen and oxygen atoms in total. The molecule has 1 spiro atoms. The smallest absolute Gasteiger partial charge is 0.223 e. The van der Waals surface area contributed by atoms with E-state index in [1.807, 2.05) is 48.9 Å². The number of ketones is 1. The highest BCUT2D eigenvalue weighted by Crippen LogP contribution is 2.65. The Labute approximate surface area is 164 Å². The highest BCUT2D eigenvalue weighted by Gasteiger charge is 2.70. The first-order valence-corrected chi connectivity index (χ1v) is 10.1. The summed E-state index contributed by atoms with van der Waals surface area (Å²) in [7, 11) is 0. The fraction of sp³-hybridized carbons (Fsp3) is 0.500. The Morgan fingerprint density at radius 3 is 2.96 bits per heavy atom. The zero-order valence-corrected chi connectivity index (χ0v) is 16.3. The highest BCUT2D eigenvalue weighted by atomic mass is 16.5. The normalized spacial score (nSPS) is 29.9. The summed E-state index contributed by atoms with van der Waals surface area (Å²) >= 11 is 0. The first kappa shape index (κ1) is 17.5. The van der Waals surface area contributed by atoms with Crippen molar-refractivity contribution in [1.82, 2.24) is 15.1 Å². The topological polar surface area (TPSA) is 73.2 Å². The molecule has 6 heteroatoms. The summed E-state index contributed by atoms with van der Waals surface area (Å²) in [5.41, 5.74) is 2.26. The minimum absolute atomic E-state index is 0.0349. The van der Waals surface area contributed by atoms with Crippen LogP contribution in [-0.2, 0) is 11.3 Å². The van der Waals surface area contributed by atoms with E-state index in [9.17, 15) is 9.59 Å². The predicted molar refractivity (Wildman–Crippen MR) is 103 cm³/mol. The molecule has 2 fully saturated rings. The Kier molecular flexibility index (Phi) is 3.86. The average molecular weight is 379 g/mol. The number of carbonyl (C=O) groups excluding carboxylic acids is 2. The van der Waals surface area contributed by atoms with Crippen LogP contribution < -0.4 is 10.1 Å². The Morgan fingerprint density at radius 1 is 1.36 bits per heavy atom. The molecular formula is C22H25N3O3. The third-order valence-electron chi connectivity index (χ3n) is 6.67. The van der Waals surface area contributed by atoms with Gasteiger partial charge in [-0.3, -0.25) is 14.3 Å². The van der Waals surface area contributed by atoms with E-state index in [4.69, 9.17) is 4.74 Å². The van der Waals surface area contributed by atoms with E-state index < -0.39 is 5.60 Å². The minimum atomic E-state index is -0.492. The summed E-state index contributed by atoms with van der Waals surface area (Å²) in [6.45, 7) is 5.22. The zero-order chi connectivity index (χ0) is 19.5. The molecule has 3 aliphatic rings. The highest BCUT2D eigenvalue weighted by molar-refractivity contribution is 6.00. The van der Waals surface area contributed by atoms with Gasteiger partial charge in [0.15, 0.2) is 5.78 Å². The number of ether oxygens (including phenoxy) is 1. The Morgan fingerprint density at radius 2 is 2.18 bits per heavy atom. The first-order chi connectivity index (χ1) is 13.5. The molecule has 28 heavy (non-hydrogen) atoms. The maximum atomic E-state index is 12.8. The van der Waals surface area contributed by atoms with E-state index in [1.54, 1.807) is 0 Å². The largest absolute Gasteiger partial charge is 0.486 e. The molecule has 2 saturated carbocycles. The quantitative estimate of drug-likeness (QED) is 0.886. The maximum Gasteiger partial charge on any atom is 0.223 e. The molecule has 4 unspecified atom stereocenters. The molecule has 2 heterocycles. The zero-order valence-electron chi connectivity index (χ0n) is 16.3. The second-order valence-corrected chi connectivity index (χ2v) is 8.46. The van der Waals surface area contributed by atoms with Gasteiger partial charge in [0, 0.05) is 24.1 Å². The standard InChI is InChI=1S/C22H25N3O3/c1-13-11-14(2)25(24-13)10-9-23-21(27)19-16-7-8-22(20(16)19)12-17(26)15-5-3-4-6-18(15)28-22/h3-6,11,16,19-20H,7-10,12H2,1-2H3,(H,23,27). The van der Waals surface area contributed by atoms with Gasteiger partial charge >= 0.3 is 0 Å². The second kappa shape index (κ2) is 6.19. The van der Waals surface area contributed by atoms with Crippen LogP contribution in [0.15, 0.2) is 30.3 Å². The molecule has 2 aromatic rings. The lowest BCUT2D eigenvalue weighted by Crippen LogP contribution is -2.44. The number of rotatable bonds is 4. The fourth-order valence-electron chi connectivity index (χ4n) is 5.42. The number of Topliss-reactive ketones (excluding diaryl/α,β-unsaturated/α-hetero) is 1. The average Bonchev–Trinajstić information content (AvgIpc) is 3.19. The molecule has 4 atom stereocenters. The molecule has 5 rings (SSSR count). The van der Waals surface area contributed by atoms with Crippen LogP contribution in [0.2, 0.25) is 0 Å². The number of aromatic nitrogens is 2. The molecule has 146 valence electrons. The monoisotopic (exact) mass is 379 g/mol. The predicted octanol–water partition coefficient (Wildman–Crippen LogP) is 2.68. The second-order valence-electron chi connectivity index (χ2n) is 8.46. The molecule has 1 aromatic heterocycles. The van der Waals surface area contributed by atoms with Gasteiger partial charge in [0.2, 0.25) is 5.91 Å². The van der Waals surface area contributed by atoms with Crippen molar-refractivity contribution in [1.29, 1.82) is 0 Å². The van der Waals surface area contributed by atoms with E-state index in [2.05, 4.69) is 10.4 Å². The van der Waals surface area contributed by atoms with Gasteiger partial charge in [0.05, 0.1) is 24.2 Å². The number of hydrogen-bond acceptors (Lipinski definition) is 4. The molecule has 0 saturated heterocycles. The van der Waals surface area contributed by atoms with Gasteiger partial charge in [-0.15, -0.1) is 0 Å². The molecule has 0 bridgehead atoms. The van der Waals surface area contributed by atoms with Crippen molar-refractivity contribution in [2.75, 3.05) is 6.54 Å². The summed E-state index contributed by atoms with van der Waals surface area (Å²) < 4.78 is 8.28. The van der Waals surface area contributed by atoms with E-state index >= 15 is 0 Å². The molecule has 1 N–H and O–H groups in total. The summed E-state index contributed by atoms with van der Waals surface area (Å²) in [5.74, 6) is 1.36. The number of nitrogens with zero attached hydrogens (tertiary/aromatic N) is 2. The van der Waals surface area contributed by atoms with Crippen LogP contribution in [0.25, 0.3) is 0 Å². The number of nitrogens with one attached hydrogen (secondary N) is 1. The van der Waals surface area contributed by atoms with E-state index in [0.29, 0.717) is 36.7 Å². The molecule has 1 aliphatic heterocycles. The Bertz CT molecular complexity index is 966. The van der Waals surface area contributed by atoms with E-state index in [0.717, 1.165) is 24.2 Å². The minimum Gasteiger partial charge on any atom is -0.486 e. The maximum absolute atomic E-state index is 12.8. The lowest BCUT2D eigenvalue weighted by atomic mass is 9.84. The lowest BCUT2D eigenvalue weighted by Gasteiger charge is -2.37. The first-order valence-electron chi connectivity index (χ1n) is 10.1. The van der Waals surface area contributed by atoms with Gasteiger partial charge in [-0.2, -0.15) is 5.10 Å². The van der Waals surface area contributed by atoms with Gasteiger partial charge in [-0.05, 0) is 50.8 Å². The van der Waals surface area contributed by atoms with Crippen molar-refractivity contribution in [3.8, 4) is 5.75 Å². The van der Waals surface area contributed by atoms with Crippen LogP contribution in [0.3, 0.4) is 0 Å². The number of amides is 1. The van der Waals surface area contributed by atoms with Gasteiger partial charge in [0.1, 0.15) is 11.4 Å². The number of para-hydroxylation sites is 1. The number of aryl methyl sites for hydroxylation is 2. The molecule has 1 amide bonds. The third-order valence-corrected chi connectivity index (χ3v) is 6.67. The van der Waals surface area contributed by atoms with Crippen molar-refractivity contribution in [2.24, 2.45) is 17.8 Å². The van der Waals surface area contributed by atoms with Crippen LogP contribution in [-0.4, -0.2) is 33.6 Å². The van der Waals surface area contributed by atoms with Crippen molar-refractivity contribution < 1.29 is 14.3 Å². The van der Waals surface area contributed by atoms with Crippen LogP contribution in [0.4, 0.5) is 0 Å². The fourth-order valence-corrected chi connectivity index (χ4v) is 5.42. The Hall–Kier alpha value is -2.63. The van der Waals surface area contributed by atoms with Gasteiger partial charge < -0.3 is 10.1 Å². The number of benzene rings is 1. The summed E-state index contributed by atoms with van der Waals surface area (Å²) in [6, 6.07) is 9.49. The van der Waals surface area contributed by atoms with Crippen molar-refractivity contribution >= 4 is 11.7 Å². The third kappa shape index (κ3) is 2.65. The summed E-state index contributed by atoms with van der Waals surface area (Å²) in [5, 5.41) is 7.50. The van der Waals surface area contributed by atoms with Crippen molar-refractivity contribution in [2.45, 2.75) is 45.3 Å². The lowest BCUT2D eigenvalue weighted by molar-refractivity contribution is -0.124. The molecule has 2 aliphatic carbocycles. The van der Waals surface area contributed by atoms with Crippen LogP contribution in [0, 0.1) is 31.6 Å². The van der Waals surface area contributed by atoms with Gasteiger partial charge in [-0.1, -0.05) is 12.1 Å². The summed E-state index contributed by atoms with van der Waals surface area (Å²) in [4.78, 5) is 25.4. The van der Waals surface area contributed by atoms with Crippen molar-refractivity contribution in [3.63, 3.8) is 0 Å². The Balaban J connectivity index is 1.24. The van der Waals surface area contributed by atoms with Gasteiger partial charge in [0.25, 0.3) is 0 Å². The number of carbonyl (C=O) groups is 2. The van der Waals surface area contributed by atoms with Gasteiger partial charge in [-0.25, -0.2) is 0 Å². The van der Waals surface area contributed by atoms with Crippen LogP contribution >= 0.6 is 0 Å².